The Morgan fingerprint density at radius 2 is 2.44 bits per heavy atom. The summed E-state index contributed by atoms with van der Waals surface area (Å²) in [7, 11) is 0. The van der Waals surface area contributed by atoms with Crippen LogP contribution in [0.4, 0.5) is 0 Å². The van der Waals surface area contributed by atoms with Crippen LogP contribution in [0.25, 0.3) is 0 Å². The first-order valence-electron chi connectivity index (χ1n) is 6.64. The molecule has 2 fully saturated rings. The molecule has 3 atom stereocenters. The number of ether oxygens (including phenoxy) is 1. The summed E-state index contributed by atoms with van der Waals surface area (Å²) < 4.78 is 11.4. The van der Waals surface area contributed by atoms with E-state index in [0.29, 0.717) is 0 Å². The molecule has 3 heterocycles. The van der Waals surface area contributed by atoms with Gasteiger partial charge in [-0.25, -0.2) is 0 Å². The smallest absolute Gasteiger partial charge is 0.135 e. The number of hydrogen-bond donors (Lipinski definition) is 1. The molecule has 2 saturated heterocycles. The van der Waals surface area contributed by atoms with Gasteiger partial charge in [0, 0.05) is 12.4 Å². The SMILES string of the molecule is Cc1ccoc1C(O)C1CCOC2(CCSC2)C1. The molecule has 1 aromatic heterocycles. The Balaban J connectivity index is 1.74. The monoisotopic (exact) mass is 268 g/mol. The summed E-state index contributed by atoms with van der Waals surface area (Å²) in [6.45, 7) is 2.75. The third-order valence-corrected chi connectivity index (χ3v) is 5.44. The Bertz CT molecular complexity index is 409. The van der Waals surface area contributed by atoms with E-state index in [2.05, 4.69) is 0 Å². The van der Waals surface area contributed by atoms with Crippen molar-refractivity contribution in [2.45, 2.75) is 37.9 Å². The second-order valence-electron chi connectivity index (χ2n) is 5.50. The molecule has 3 unspecified atom stereocenters. The quantitative estimate of drug-likeness (QED) is 0.895. The maximum atomic E-state index is 10.5. The van der Waals surface area contributed by atoms with E-state index in [1.54, 1.807) is 6.26 Å². The van der Waals surface area contributed by atoms with Crippen molar-refractivity contribution in [1.29, 1.82) is 0 Å². The zero-order valence-electron chi connectivity index (χ0n) is 10.7. The fourth-order valence-corrected chi connectivity index (χ4v) is 4.48. The van der Waals surface area contributed by atoms with Gasteiger partial charge in [0.25, 0.3) is 0 Å². The number of aliphatic hydroxyl groups is 1. The van der Waals surface area contributed by atoms with Gasteiger partial charge in [-0.2, -0.15) is 11.8 Å². The highest BCUT2D eigenvalue weighted by Crippen LogP contribution is 2.44. The van der Waals surface area contributed by atoms with Crippen LogP contribution in [-0.2, 0) is 4.74 Å². The van der Waals surface area contributed by atoms with Gasteiger partial charge in [0.1, 0.15) is 11.9 Å². The van der Waals surface area contributed by atoms with Crippen molar-refractivity contribution in [2.24, 2.45) is 5.92 Å². The Hall–Kier alpha value is -0.450. The number of rotatable bonds is 2. The van der Waals surface area contributed by atoms with Crippen molar-refractivity contribution in [3.8, 4) is 0 Å². The summed E-state index contributed by atoms with van der Waals surface area (Å²) in [5, 5.41) is 10.5. The van der Waals surface area contributed by atoms with Crippen molar-refractivity contribution in [2.75, 3.05) is 18.1 Å². The molecule has 1 spiro atoms. The topological polar surface area (TPSA) is 42.6 Å². The molecule has 1 N–H and O–H groups in total. The van der Waals surface area contributed by atoms with Crippen molar-refractivity contribution in [3.63, 3.8) is 0 Å². The summed E-state index contributed by atoms with van der Waals surface area (Å²) in [6.07, 6.45) is 4.19. The molecule has 1 aromatic rings. The van der Waals surface area contributed by atoms with Crippen molar-refractivity contribution >= 4 is 11.8 Å². The molecule has 0 aromatic carbocycles. The predicted octanol–water partition coefficient (Wildman–Crippen LogP) is 2.92. The van der Waals surface area contributed by atoms with Crippen LogP contribution < -0.4 is 0 Å². The van der Waals surface area contributed by atoms with Crippen LogP contribution >= 0.6 is 11.8 Å². The average Bonchev–Trinajstić information content (AvgIpc) is 2.98. The molecule has 2 aliphatic rings. The number of furan rings is 1. The molecule has 18 heavy (non-hydrogen) atoms. The van der Waals surface area contributed by atoms with Crippen LogP contribution in [0.2, 0.25) is 0 Å². The third-order valence-electron chi connectivity index (χ3n) is 4.22. The van der Waals surface area contributed by atoms with Crippen LogP contribution in [0.5, 0.6) is 0 Å². The lowest BCUT2D eigenvalue weighted by atomic mass is 9.81. The maximum Gasteiger partial charge on any atom is 0.135 e. The summed E-state index contributed by atoms with van der Waals surface area (Å²) in [4.78, 5) is 0. The molecule has 3 nitrogen and oxygen atoms in total. The minimum Gasteiger partial charge on any atom is -0.466 e. The van der Waals surface area contributed by atoms with Gasteiger partial charge in [-0.15, -0.1) is 0 Å². The van der Waals surface area contributed by atoms with Gasteiger partial charge in [-0.05, 0) is 49.5 Å². The molecular formula is C14H20O3S. The maximum absolute atomic E-state index is 10.5. The summed E-state index contributed by atoms with van der Waals surface area (Å²) in [6, 6.07) is 1.92. The highest BCUT2D eigenvalue weighted by Gasteiger charge is 2.43. The first kappa shape index (κ1) is 12.6. The molecule has 3 rings (SSSR count). The van der Waals surface area contributed by atoms with E-state index < -0.39 is 6.10 Å². The van der Waals surface area contributed by atoms with Gasteiger partial charge >= 0.3 is 0 Å². The Morgan fingerprint density at radius 1 is 1.56 bits per heavy atom. The third kappa shape index (κ3) is 2.22. The molecule has 0 saturated carbocycles. The lowest BCUT2D eigenvalue weighted by Crippen LogP contribution is -2.41. The van der Waals surface area contributed by atoms with Gasteiger partial charge in [-0.1, -0.05) is 0 Å². The summed E-state index contributed by atoms with van der Waals surface area (Å²) in [5.74, 6) is 3.26. The van der Waals surface area contributed by atoms with E-state index in [1.165, 1.54) is 5.75 Å². The van der Waals surface area contributed by atoms with Gasteiger partial charge in [0.05, 0.1) is 11.9 Å². The fraction of sp³-hybridized carbons (Fsp3) is 0.714. The lowest BCUT2D eigenvalue weighted by Gasteiger charge is -2.39. The summed E-state index contributed by atoms with van der Waals surface area (Å²) >= 11 is 1.96. The van der Waals surface area contributed by atoms with E-state index in [0.717, 1.165) is 42.9 Å². The van der Waals surface area contributed by atoms with Crippen LogP contribution in [0.3, 0.4) is 0 Å². The number of aryl methyl sites for hydroxylation is 1. The second-order valence-corrected chi connectivity index (χ2v) is 6.60. The zero-order valence-corrected chi connectivity index (χ0v) is 11.5. The normalized spacial score (nSPS) is 34.0. The first-order chi connectivity index (χ1) is 8.70. The van der Waals surface area contributed by atoms with E-state index in [9.17, 15) is 5.11 Å². The highest BCUT2D eigenvalue weighted by atomic mass is 32.2. The van der Waals surface area contributed by atoms with E-state index in [4.69, 9.17) is 9.15 Å². The molecule has 0 amide bonds. The van der Waals surface area contributed by atoms with E-state index in [1.807, 2.05) is 24.8 Å². The van der Waals surface area contributed by atoms with Crippen LogP contribution in [0.15, 0.2) is 16.7 Å². The largest absolute Gasteiger partial charge is 0.466 e. The number of hydrogen-bond acceptors (Lipinski definition) is 4. The number of thioether (sulfide) groups is 1. The van der Waals surface area contributed by atoms with Crippen molar-refractivity contribution in [1.82, 2.24) is 0 Å². The highest BCUT2D eigenvalue weighted by molar-refractivity contribution is 7.99. The minimum atomic E-state index is -0.480. The number of aliphatic hydroxyl groups excluding tert-OH is 1. The molecule has 0 bridgehead atoms. The average molecular weight is 268 g/mol. The lowest BCUT2D eigenvalue weighted by molar-refractivity contribution is -0.104. The predicted molar refractivity (Wildman–Crippen MR) is 71.8 cm³/mol. The van der Waals surface area contributed by atoms with Crippen molar-refractivity contribution in [3.05, 3.63) is 23.7 Å². The first-order valence-corrected chi connectivity index (χ1v) is 7.79. The van der Waals surface area contributed by atoms with E-state index >= 15 is 0 Å². The van der Waals surface area contributed by atoms with Crippen LogP contribution in [0.1, 0.15) is 36.7 Å². The van der Waals surface area contributed by atoms with Gasteiger partial charge in [0.2, 0.25) is 0 Å². The van der Waals surface area contributed by atoms with Gasteiger partial charge in [0.15, 0.2) is 0 Å². The van der Waals surface area contributed by atoms with Crippen LogP contribution in [0, 0.1) is 12.8 Å². The van der Waals surface area contributed by atoms with Gasteiger partial charge in [-0.3, -0.25) is 0 Å². The van der Waals surface area contributed by atoms with Crippen LogP contribution in [-0.4, -0.2) is 28.8 Å². The van der Waals surface area contributed by atoms with Crippen molar-refractivity contribution < 1.29 is 14.3 Å². The molecule has 0 aliphatic carbocycles. The second kappa shape index (κ2) is 4.91. The zero-order chi connectivity index (χ0) is 12.6. The molecule has 100 valence electrons. The molecule has 2 aliphatic heterocycles. The summed E-state index contributed by atoms with van der Waals surface area (Å²) in [5.41, 5.74) is 1.07. The molecule has 0 radical (unpaired) electrons. The minimum absolute atomic E-state index is 0.0229. The van der Waals surface area contributed by atoms with Gasteiger partial charge < -0.3 is 14.3 Å². The Kier molecular flexibility index (Phi) is 3.43. The Morgan fingerprint density at radius 3 is 3.11 bits per heavy atom. The molecule has 4 heteroatoms. The van der Waals surface area contributed by atoms with E-state index in [-0.39, 0.29) is 11.5 Å². The standard InChI is InChI=1S/C14H20O3S/c1-10-2-5-16-13(10)12(15)11-3-6-17-14(8-11)4-7-18-9-14/h2,5,11-12,15H,3-4,6-9H2,1H3. The fourth-order valence-electron chi connectivity index (χ4n) is 3.10. The molecular weight excluding hydrogens is 248 g/mol. The Labute approximate surface area is 112 Å².